The lowest BCUT2D eigenvalue weighted by molar-refractivity contribution is 0.208. The molecule has 1 nitrogen and oxygen atoms in total. The third-order valence-corrected chi connectivity index (χ3v) is 54.2. The summed E-state index contributed by atoms with van der Waals surface area (Å²) < 4.78 is 6.26. The van der Waals surface area contributed by atoms with Crippen LogP contribution in [0.4, 0.5) is 0 Å². The molecule has 1 fully saturated rings. The maximum atomic E-state index is 6.33. The van der Waals surface area contributed by atoms with Crippen LogP contribution >= 0.6 is 31.2 Å². The van der Waals surface area contributed by atoms with E-state index in [1.807, 2.05) is 0 Å². The summed E-state index contributed by atoms with van der Waals surface area (Å²) in [6.07, 6.45) is -1.25. The number of hydrogen-bond acceptors (Lipinski definition) is 1. The summed E-state index contributed by atoms with van der Waals surface area (Å²) in [5.41, 5.74) is 0. The fourth-order valence-corrected chi connectivity index (χ4v) is 46.5. The van der Waals surface area contributed by atoms with Crippen LogP contribution in [0.3, 0.4) is 0 Å². The van der Waals surface area contributed by atoms with E-state index in [1.165, 1.54) is 6.04 Å². The lowest BCUT2D eigenvalue weighted by Gasteiger charge is -2.55. The van der Waals surface area contributed by atoms with Crippen molar-refractivity contribution in [2.45, 2.75) is 50.2 Å². The molecular weight excluding hydrogens is 356 g/mol. The fourth-order valence-electron chi connectivity index (χ4n) is 2.14. The minimum Gasteiger partial charge on any atom is -0.406 e. The van der Waals surface area contributed by atoms with Gasteiger partial charge in [0.1, 0.15) is 10.7 Å². The molecule has 2 unspecified atom stereocenters. The van der Waals surface area contributed by atoms with Crippen LogP contribution in [0, 0.1) is 0 Å². The Kier molecular flexibility index (Phi) is 3.44. The molecule has 0 aromatic rings. The third-order valence-electron chi connectivity index (χ3n) is 3.92. The molecule has 0 bridgehead atoms. The van der Waals surface area contributed by atoms with Crippen molar-refractivity contribution < 1.29 is 4.43 Å². The maximum Gasteiger partial charge on any atom is 0.174 e. The van der Waals surface area contributed by atoms with Crippen LogP contribution in [0.1, 0.15) is 6.92 Å². The Labute approximate surface area is 106 Å². The van der Waals surface area contributed by atoms with E-state index in [1.54, 1.807) is 0 Å². The zero-order chi connectivity index (χ0) is 11.4. The molecule has 6 heteroatoms. The third kappa shape index (κ3) is 2.15. The molecule has 0 saturated carbocycles. The van der Waals surface area contributed by atoms with Gasteiger partial charge in [-0.25, -0.2) is 0 Å². The minimum absolute atomic E-state index is 0.0737. The molecule has 1 aliphatic heterocycles. The van der Waals surface area contributed by atoms with Crippen LogP contribution in [0.25, 0.3) is 0 Å². The summed E-state index contributed by atoms with van der Waals surface area (Å²) in [6.45, 7) is 14.5. The SMILES string of the molecule is CC1(Br)C[Si](C)(Br)[Si](C)(C)[Si](C)(C)O1. The molecular formula is C8H20Br2OSi3. The zero-order valence-corrected chi connectivity index (χ0v) is 16.0. The predicted octanol–water partition coefficient (Wildman–Crippen LogP) is 4.17. The van der Waals surface area contributed by atoms with Gasteiger partial charge in [0.05, 0.1) is 7.11 Å². The van der Waals surface area contributed by atoms with E-state index in [0.717, 1.165) is 0 Å². The van der Waals surface area contributed by atoms with E-state index in [4.69, 9.17) is 4.43 Å². The fraction of sp³-hybridized carbons (Fsp3) is 1.00. The summed E-state index contributed by atoms with van der Waals surface area (Å²) in [6, 6.07) is 1.19. The first-order chi connectivity index (χ1) is 5.91. The predicted molar refractivity (Wildman–Crippen MR) is 78.7 cm³/mol. The molecule has 0 aromatic heterocycles. The average molecular weight is 376 g/mol. The van der Waals surface area contributed by atoms with Crippen molar-refractivity contribution in [3.05, 3.63) is 0 Å². The first-order valence-corrected chi connectivity index (χ1v) is 18.7. The van der Waals surface area contributed by atoms with Crippen LogP contribution in [-0.4, -0.2) is 25.7 Å². The highest BCUT2D eigenvalue weighted by Gasteiger charge is 2.62. The number of hydrogen-bond donors (Lipinski definition) is 0. The highest BCUT2D eigenvalue weighted by molar-refractivity contribution is 9.28. The van der Waals surface area contributed by atoms with Crippen molar-refractivity contribution in [3.8, 4) is 0 Å². The molecule has 1 aliphatic rings. The molecule has 1 heterocycles. The molecule has 0 spiro atoms. The Morgan fingerprint density at radius 2 is 1.57 bits per heavy atom. The second-order valence-electron chi connectivity index (χ2n) is 5.71. The second-order valence-corrected chi connectivity index (χ2v) is 40.0. The lowest BCUT2D eigenvalue weighted by Crippen LogP contribution is -2.76. The molecule has 84 valence electrons. The summed E-state index contributed by atoms with van der Waals surface area (Å²) in [7, 11) is -2.67. The van der Waals surface area contributed by atoms with Gasteiger partial charge in [-0.15, -0.1) is 15.3 Å². The monoisotopic (exact) mass is 374 g/mol. The number of alkyl halides is 1. The topological polar surface area (TPSA) is 9.23 Å². The molecule has 1 saturated heterocycles. The van der Waals surface area contributed by atoms with Gasteiger partial charge >= 0.3 is 0 Å². The molecule has 0 aromatic carbocycles. The van der Waals surface area contributed by atoms with Crippen LogP contribution in [0.15, 0.2) is 0 Å². The van der Waals surface area contributed by atoms with Gasteiger partial charge in [-0.2, -0.15) is 0 Å². The molecule has 0 N–H and O–H groups in total. The summed E-state index contributed by atoms with van der Waals surface area (Å²) >= 11 is 7.83. The Bertz CT molecular complexity index is 229. The van der Waals surface area contributed by atoms with Crippen molar-refractivity contribution >= 4 is 52.4 Å². The van der Waals surface area contributed by atoms with E-state index in [2.05, 4.69) is 70.9 Å². The maximum absolute atomic E-state index is 6.33. The van der Waals surface area contributed by atoms with Crippen LogP contribution in [0.2, 0.25) is 38.8 Å². The molecule has 1 rings (SSSR count). The highest BCUT2D eigenvalue weighted by atomic mass is 79.9. The molecule has 0 amide bonds. The van der Waals surface area contributed by atoms with E-state index in [0.29, 0.717) is 0 Å². The Hall–Kier alpha value is 1.57. The molecule has 0 radical (unpaired) electrons. The van der Waals surface area contributed by atoms with Gasteiger partial charge in [0.15, 0.2) is 7.83 Å². The Morgan fingerprint density at radius 3 is 1.93 bits per heavy atom. The zero-order valence-electron chi connectivity index (χ0n) is 9.87. The Balaban J connectivity index is 3.13. The second kappa shape index (κ2) is 3.53. The standard InChI is InChI=1S/C8H20Br2OSi3/c1-8(9)7-14(6,10)13(4,5)12(2,3)11-8/h7H2,1-6H3. The summed E-state index contributed by atoms with van der Waals surface area (Å²) in [5, 5.41) is 0. The van der Waals surface area contributed by atoms with Crippen molar-refractivity contribution in [3.63, 3.8) is 0 Å². The van der Waals surface area contributed by atoms with Crippen LogP contribution in [0.5, 0.6) is 0 Å². The van der Waals surface area contributed by atoms with Crippen molar-refractivity contribution in [1.29, 1.82) is 0 Å². The largest absolute Gasteiger partial charge is 0.406 e. The Morgan fingerprint density at radius 1 is 1.14 bits per heavy atom. The van der Waals surface area contributed by atoms with Crippen molar-refractivity contribution in [1.82, 2.24) is 0 Å². The van der Waals surface area contributed by atoms with E-state index < -0.39 is 21.2 Å². The van der Waals surface area contributed by atoms with Gasteiger partial charge in [-0.05, 0) is 26.1 Å². The molecule has 14 heavy (non-hydrogen) atoms. The first-order valence-electron chi connectivity index (χ1n) is 4.99. The van der Waals surface area contributed by atoms with Crippen molar-refractivity contribution in [2.24, 2.45) is 0 Å². The van der Waals surface area contributed by atoms with Gasteiger partial charge in [-0.3, -0.25) is 0 Å². The van der Waals surface area contributed by atoms with Gasteiger partial charge in [0, 0.05) is 0 Å². The van der Waals surface area contributed by atoms with Gasteiger partial charge in [0.2, 0.25) is 0 Å². The minimum atomic E-state index is -1.48. The highest BCUT2D eigenvalue weighted by Crippen LogP contribution is 2.48. The van der Waals surface area contributed by atoms with Gasteiger partial charge in [-0.1, -0.05) is 35.6 Å². The van der Waals surface area contributed by atoms with Gasteiger partial charge < -0.3 is 4.43 Å². The lowest BCUT2D eigenvalue weighted by atomic mass is 10.5. The van der Waals surface area contributed by atoms with E-state index >= 15 is 0 Å². The average Bonchev–Trinajstić information content (AvgIpc) is 1.77. The molecule has 0 aliphatic carbocycles. The number of halogens is 2. The van der Waals surface area contributed by atoms with Crippen LogP contribution < -0.4 is 0 Å². The van der Waals surface area contributed by atoms with E-state index in [9.17, 15) is 0 Å². The summed E-state index contributed by atoms with van der Waals surface area (Å²) in [4.78, 5) is 0. The summed E-state index contributed by atoms with van der Waals surface area (Å²) in [5.74, 6) is 0. The normalized spacial score (nSPS) is 46.3. The van der Waals surface area contributed by atoms with Crippen molar-refractivity contribution in [2.75, 3.05) is 0 Å². The smallest absolute Gasteiger partial charge is 0.174 e. The van der Waals surface area contributed by atoms with Gasteiger partial charge in [0.25, 0.3) is 0 Å². The van der Waals surface area contributed by atoms with E-state index in [-0.39, 0.29) is 4.51 Å². The molecule has 2 atom stereocenters. The van der Waals surface area contributed by atoms with Crippen LogP contribution in [-0.2, 0) is 4.43 Å². The number of rotatable bonds is 0. The first kappa shape index (κ1) is 13.6. The quantitative estimate of drug-likeness (QED) is 0.350.